The summed E-state index contributed by atoms with van der Waals surface area (Å²) >= 11 is 0. The third-order valence-electron chi connectivity index (χ3n) is 2.63. The summed E-state index contributed by atoms with van der Waals surface area (Å²) in [5.74, 6) is -0.232. The minimum absolute atomic E-state index is 0.0406. The minimum atomic E-state index is -0.844. The molecule has 2 aromatic heterocycles. The van der Waals surface area contributed by atoms with Crippen LogP contribution in [0.2, 0.25) is 0 Å². The van der Waals surface area contributed by atoms with Crippen molar-refractivity contribution >= 4 is 22.8 Å². The van der Waals surface area contributed by atoms with Gasteiger partial charge in [0.1, 0.15) is 12.1 Å². The smallest absolute Gasteiger partial charge is 0.305 e. The third-order valence-corrected chi connectivity index (χ3v) is 2.63. The molecular weight excluding hydrogens is 246 g/mol. The summed E-state index contributed by atoms with van der Waals surface area (Å²) in [5.41, 5.74) is 0.564. The van der Waals surface area contributed by atoms with Crippen molar-refractivity contribution in [2.24, 2.45) is 0 Å². The highest BCUT2D eigenvalue weighted by Crippen LogP contribution is 2.23. The Kier molecular flexibility index (Phi) is 3.37. The lowest BCUT2D eigenvalue weighted by Crippen LogP contribution is -2.23. The van der Waals surface area contributed by atoms with Crippen molar-refractivity contribution in [2.75, 3.05) is 11.9 Å². The Balaban J connectivity index is 2.31. The quantitative estimate of drug-likeness (QED) is 0.867. The molecule has 2 heterocycles. The summed E-state index contributed by atoms with van der Waals surface area (Å²) < 4.78 is 1.83. The molecule has 0 saturated heterocycles. The van der Waals surface area contributed by atoms with Crippen LogP contribution in [0.5, 0.6) is 0 Å². The number of carboxylic acid groups (broad SMARTS) is 1. The van der Waals surface area contributed by atoms with E-state index in [0.29, 0.717) is 12.4 Å². The Hall–Kier alpha value is -2.18. The molecular formula is C12H17N5O2. The summed E-state index contributed by atoms with van der Waals surface area (Å²) in [6.45, 7) is 6.44. The molecule has 0 saturated carbocycles. The van der Waals surface area contributed by atoms with Crippen molar-refractivity contribution in [2.45, 2.75) is 32.7 Å². The Morgan fingerprint density at radius 3 is 2.79 bits per heavy atom. The lowest BCUT2D eigenvalue weighted by molar-refractivity contribution is -0.136. The average molecular weight is 263 g/mol. The van der Waals surface area contributed by atoms with Crippen LogP contribution in [0.25, 0.3) is 11.0 Å². The normalized spacial score (nSPS) is 11.7. The predicted octanol–water partition coefficient (Wildman–Crippen LogP) is 1.47. The van der Waals surface area contributed by atoms with E-state index in [0.717, 1.165) is 11.0 Å². The average Bonchev–Trinajstić information content (AvgIpc) is 2.72. The van der Waals surface area contributed by atoms with Crippen LogP contribution in [-0.2, 0) is 10.3 Å². The van der Waals surface area contributed by atoms with E-state index in [4.69, 9.17) is 5.11 Å². The van der Waals surface area contributed by atoms with Gasteiger partial charge in [-0.2, -0.15) is 5.10 Å². The van der Waals surface area contributed by atoms with Gasteiger partial charge in [-0.1, -0.05) is 0 Å². The van der Waals surface area contributed by atoms with E-state index in [-0.39, 0.29) is 12.0 Å². The molecule has 2 rings (SSSR count). The highest BCUT2D eigenvalue weighted by Gasteiger charge is 2.19. The number of carboxylic acids is 1. The number of hydrogen-bond acceptors (Lipinski definition) is 5. The second kappa shape index (κ2) is 4.83. The number of nitrogens with zero attached hydrogens (tertiary/aromatic N) is 4. The van der Waals surface area contributed by atoms with Crippen molar-refractivity contribution in [3.63, 3.8) is 0 Å². The largest absolute Gasteiger partial charge is 0.481 e. The van der Waals surface area contributed by atoms with E-state index in [9.17, 15) is 4.79 Å². The molecule has 0 aliphatic rings. The first-order valence-corrected chi connectivity index (χ1v) is 6.04. The maximum Gasteiger partial charge on any atom is 0.305 e. The molecule has 0 atom stereocenters. The monoisotopic (exact) mass is 263 g/mol. The Labute approximate surface area is 110 Å². The molecule has 0 amide bonds. The maximum atomic E-state index is 10.5. The first-order chi connectivity index (χ1) is 8.89. The molecule has 0 aliphatic carbocycles. The first-order valence-electron chi connectivity index (χ1n) is 6.04. The van der Waals surface area contributed by atoms with Gasteiger partial charge in [-0.25, -0.2) is 14.6 Å². The zero-order valence-corrected chi connectivity index (χ0v) is 11.2. The van der Waals surface area contributed by atoms with Gasteiger partial charge in [0.25, 0.3) is 0 Å². The molecule has 0 bridgehead atoms. The summed E-state index contributed by atoms with van der Waals surface area (Å²) in [5, 5.41) is 16.7. The van der Waals surface area contributed by atoms with Gasteiger partial charge < -0.3 is 10.4 Å². The van der Waals surface area contributed by atoms with Gasteiger partial charge in [0.2, 0.25) is 0 Å². The molecule has 0 spiro atoms. The molecule has 7 heteroatoms. The number of aromatic nitrogens is 4. The molecule has 0 fully saturated rings. The lowest BCUT2D eigenvalue weighted by atomic mass is 10.1. The van der Waals surface area contributed by atoms with E-state index in [1.807, 2.05) is 25.5 Å². The lowest BCUT2D eigenvalue weighted by Gasteiger charge is -2.19. The van der Waals surface area contributed by atoms with Gasteiger partial charge in [-0.05, 0) is 20.8 Å². The van der Waals surface area contributed by atoms with Gasteiger partial charge >= 0.3 is 5.97 Å². The summed E-state index contributed by atoms with van der Waals surface area (Å²) in [6.07, 6.45) is 3.19. The second-order valence-corrected chi connectivity index (χ2v) is 5.26. The van der Waals surface area contributed by atoms with Crippen molar-refractivity contribution in [3.8, 4) is 0 Å². The Morgan fingerprint density at radius 1 is 1.42 bits per heavy atom. The fraction of sp³-hybridized carbons (Fsp3) is 0.500. The Morgan fingerprint density at radius 2 is 2.16 bits per heavy atom. The number of anilines is 1. The Bertz CT molecular complexity index is 600. The minimum Gasteiger partial charge on any atom is -0.481 e. The van der Waals surface area contributed by atoms with Crippen LogP contribution in [0.3, 0.4) is 0 Å². The van der Waals surface area contributed by atoms with E-state index in [1.54, 1.807) is 6.20 Å². The summed E-state index contributed by atoms with van der Waals surface area (Å²) in [6, 6.07) is 0. The number of rotatable bonds is 4. The number of fused-ring (bicyclic) bond motifs is 1. The van der Waals surface area contributed by atoms with Crippen LogP contribution in [0.4, 0.5) is 5.82 Å². The van der Waals surface area contributed by atoms with E-state index < -0.39 is 5.97 Å². The van der Waals surface area contributed by atoms with Crippen LogP contribution < -0.4 is 5.32 Å². The molecule has 19 heavy (non-hydrogen) atoms. The SMILES string of the molecule is CC(C)(C)n1ncc2c(NCCC(=O)O)ncnc21. The first kappa shape index (κ1) is 13.3. The van der Waals surface area contributed by atoms with Crippen LogP contribution >= 0.6 is 0 Å². The van der Waals surface area contributed by atoms with Gasteiger partial charge in [-0.3, -0.25) is 4.79 Å². The molecule has 0 unspecified atom stereocenters. The van der Waals surface area contributed by atoms with Crippen molar-refractivity contribution in [1.82, 2.24) is 19.7 Å². The number of carbonyl (C=O) groups is 1. The zero-order chi connectivity index (χ0) is 14.0. The van der Waals surface area contributed by atoms with E-state index in [2.05, 4.69) is 20.4 Å². The fourth-order valence-corrected chi connectivity index (χ4v) is 1.76. The van der Waals surface area contributed by atoms with Crippen LogP contribution in [-0.4, -0.2) is 37.4 Å². The topological polar surface area (TPSA) is 92.9 Å². The second-order valence-electron chi connectivity index (χ2n) is 5.26. The molecule has 0 aromatic carbocycles. The van der Waals surface area contributed by atoms with Crippen molar-refractivity contribution in [3.05, 3.63) is 12.5 Å². The molecule has 2 aromatic rings. The van der Waals surface area contributed by atoms with Gasteiger partial charge in [0, 0.05) is 6.54 Å². The highest BCUT2D eigenvalue weighted by atomic mass is 16.4. The van der Waals surface area contributed by atoms with Gasteiger partial charge in [0.15, 0.2) is 5.65 Å². The van der Waals surface area contributed by atoms with Crippen molar-refractivity contribution < 1.29 is 9.90 Å². The van der Waals surface area contributed by atoms with E-state index >= 15 is 0 Å². The molecule has 2 N–H and O–H groups in total. The molecule has 102 valence electrons. The summed E-state index contributed by atoms with van der Waals surface area (Å²) in [4.78, 5) is 18.9. The summed E-state index contributed by atoms with van der Waals surface area (Å²) in [7, 11) is 0. The molecule has 0 aliphatic heterocycles. The van der Waals surface area contributed by atoms with Crippen molar-refractivity contribution in [1.29, 1.82) is 0 Å². The fourth-order valence-electron chi connectivity index (χ4n) is 1.76. The number of hydrogen-bond donors (Lipinski definition) is 2. The molecule has 0 radical (unpaired) electrons. The standard InChI is InChI=1S/C12H17N5O2/c1-12(2,3)17-11-8(6-16-17)10(14-7-15-11)13-5-4-9(18)19/h6-7H,4-5H2,1-3H3,(H,18,19)(H,13,14,15). The zero-order valence-electron chi connectivity index (χ0n) is 11.2. The highest BCUT2D eigenvalue weighted by molar-refractivity contribution is 5.86. The number of aliphatic carboxylic acids is 1. The maximum absolute atomic E-state index is 10.5. The van der Waals surface area contributed by atoms with Crippen LogP contribution in [0, 0.1) is 0 Å². The van der Waals surface area contributed by atoms with Gasteiger partial charge in [0.05, 0.1) is 23.5 Å². The third kappa shape index (κ3) is 2.81. The predicted molar refractivity (Wildman–Crippen MR) is 71.1 cm³/mol. The molecule has 7 nitrogen and oxygen atoms in total. The van der Waals surface area contributed by atoms with E-state index in [1.165, 1.54) is 6.33 Å². The van der Waals surface area contributed by atoms with Gasteiger partial charge in [-0.15, -0.1) is 0 Å². The number of nitrogens with one attached hydrogen (secondary N) is 1. The van der Waals surface area contributed by atoms with Crippen LogP contribution in [0.1, 0.15) is 27.2 Å². The van der Waals surface area contributed by atoms with Crippen LogP contribution in [0.15, 0.2) is 12.5 Å².